The smallest absolute Gasteiger partial charge is 0.0437 e. The summed E-state index contributed by atoms with van der Waals surface area (Å²) in [5.74, 6) is 0. The second-order valence-corrected chi connectivity index (χ2v) is 16.1. The minimum absolute atomic E-state index is 0.543. The van der Waals surface area contributed by atoms with Crippen LogP contribution >= 0.6 is 0 Å². The third-order valence-corrected chi connectivity index (χ3v) is 14.5. The Bertz CT molecular complexity index is 200. The fourth-order valence-corrected chi connectivity index (χ4v) is 14.8. The first-order valence-electron chi connectivity index (χ1n) is 8.78. The molecule has 0 spiro atoms. The van der Waals surface area contributed by atoms with Gasteiger partial charge in [-0.15, -0.1) is 0 Å². The first kappa shape index (κ1) is 23.9. The average molecular weight is 357 g/mol. The van der Waals surface area contributed by atoms with Gasteiger partial charge < -0.3 is 4.74 Å². The van der Waals surface area contributed by atoms with Gasteiger partial charge in [0.2, 0.25) is 0 Å². The third-order valence-electron chi connectivity index (χ3n) is 3.11. The zero-order valence-corrected chi connectivity index (χ0v) is 19.4. The Balaban J connectivity index is 0. The van der Waals surface area contributed by atoms with E-state index in [0.717, 1.165) is 13.2 Å². The number of ether oxygens (including phenoxy) is 1. The molecule has 1 nitrogen and oxygen atoms in total. The predicted molar refractivity (Wildman–Crippen MR) is 101 cm³/mol. The minimum atomic E-state index is -1.12. The fourth-order valence-electron chi connectivity index (χ4n) is 3.02. The van der Waals surface area contributed by atoms with Gasteiger partial charge in [-0.05, 0) is 13.8 Å². The van der Waals surface area contributed by atoms with Crippen LogP contribution in [0.1, 0.15) is 76.2 Å². The van der Waals surface area contributed by atoms with Gasteiger partial charge in [0, 0.05) is 13.2 Å². The number of hydrogen-bond acceptors (Lipinski definition) is 1. The van der Waals surface area contributed by atoms with Crippen molar-refractivity contribution >= 4 is 16.2 Å². The van der Waals surface area contributed by atoms with Crippen LogP contribution < -0.4 is 0 Å². The van der Waals surface area contributed by atoms with Crippen molar-refractivity contribution in [3.05, 3.63) is 0 Å². The summed E-state index contributed by atoms with van der Waals surface area (Å²) in [6, 6.07) is 0. The Morgan fingerprint density at radius 1 is 0.571 bits per heavy atom. The molecule has 0 bridgehead atoms. The molecule has 21 heavy (non-hydrogen) atoms. The maximum atomic E-state index is 4.83. The molecule has 2 heteroatoms. The van der Waals surface area contributed by atoms with E-state index in [1.807, 2.05) is 13.8 Å². The van der Waals surface area contributed by atoms with Crippen LogP contribution in [0.3, 0.4) is 0 Å². The van der Waals surface area contributed by atoms with Crippen molar-refractivity contribution in [3.8, 4) is 0 Å². The van der Waals surface area contributed by atoms with E-state index >= 15 is 0 Å². The Labute approximate surface area is 141 Å². The van der Waals surface area contributed by atoms with Crippen LogP contribution in [0.25, 0.3) is 0 Å². The molecule has 0 fully saturated rings. The van der Waals surface area contributed by atoms with Crippen LogP contribution in [0.15, 0.2) is 0 Å². The molecule has 0 rings (SSSR count). The van der Waals surface area contributed by atoms with Gasteiger partial charge in [-0.3, -0.25) is 0 Å². The molecule has 0 aromatic heterocycles. The first-order chi connectivity index (χ1) is 9.20. The van der Waals surface area contributed by atoms with Crippen LogP contribution in [0.5, 0.6) is 0 Å². The second kappa shape index (κ2) is 10.4. The summed E-state index contributed by atoms with van der Waals surface area (Å²) in [6.45, 7) is 27.4. The summed E-state index contributed by atoms with van der Waals surface area (Å²) in [6.07, 6.45) is 0. The molecule has 0 aliphatic carbocycles. The minimum Gasteiger partial charge on any atom is -0.382 e. The molecule has 0 aliphatic heterocycles. The van der Waals surface area contributed by atoms with Crippen LogP contribution in [0.4, 0.5) is 0 Å². The van der Waals surface area contributed by atoms with E-state index in [9.17, 15) is 0 Å². The van der Waals surface area contributed by atoms with Crippen molar-refractivity contribution in [1.82, 2.24) is 0 Å². The van der Waals surface area contributed by atoms with Gasteiger partial charge in [-0.25, -0.2) is 0 Å². The number of hydrogen-bond donors (Lipinski definition) is 0. The molecule has 0 saturated carbocycles. The van der Waals surface area contributed by atoms with Gasteiger partial charge in [-0.1, -0.05) is 0 Å². The van der Waals surface area contributed by atoms with E-state index in [2.05, 4.69) is 62.3 Å². The average Bonchev–Trinajstić information content (AvgIpc) is 2.10. The largest absolute Gasteiger partial charge is 0.382 e. The number of rotatable bonds is 5. The van der Waals surface area contributed by atoms with Crippen LogP contribution in [0.2, 0.25) is 14.9 Å². The van der Waals surface area contributed by atoms with Crippen molar-refractivity contribution in [3.63, 3.8) is 0 Å². The van der Waals surface area contributed by atoms with Crippen LogP contribution in [-0.4, -0.2) is 29.4 Å². The molecule has 0 heterocycles. The molecule has 0 unspecified atom stereocenters. The van der Waals surface area contributed by atoms with Gasteiger partial charge in [-0.2, -0.15) is 0 Å². The molecule has 0 radical (unpaired) electrons. The quantitative estimate of drug-likeness (QED) is 0.500. The predicted octanol–water partition coefficient (Wildman–Crippen LogP) is 6.66. The third kappa shape index (κ3) is 23.0. The van der Waals surface area contributed by atoms with Gasteiger partial charge in [0.15, 0.2) is 0 Å². The van der Waals surface area contributed by atoms with E-state index in [1.54, 1.807) is 0 Å². The zero-order chi connectivity index (χ0) is 17.3. The summed E-state index contributed by atoms with van der Waals surface area (Å²) < 4.78 is 4.83. The van der Waals surface area contributed by atoms with Crippen LogP contribution in [0, 0.1) is 16.2 Å². The van der Waals surface area contributed by atoms with Crippen molar-refractivity contribution < 1.29 is 4.74 Å². The standard InChI is InChI=1S/3C5H11.C4H10O.Ga/c3*1-5(2,3)4;1-3-5-4-2;/h3*1H2,2-4H3;3-4H2,1-2H3;. The molecule has 128 valence electrons. The fraction of sp³-hybridized carbons (Fsp3) is 1.00. The Morgan fingerprint density at radius 3 is 0.905 bits per heavy atom. The van der Waals surface area contributed by atoms with Gasteiger partial charge >= 0.3 is 110 Å². The van der Waals surface area contributed by atoms with Crippen molar-refractivity contribution in [2.24, 2.45) is 16.2 Å². The molecule has 0 aromatic carbocycles. The molecule has 0 saturated heterocycles. The maximum Gasteiger partial charge on any atom is 0.0437 e. The van der Waals surface area contributed by atoms with Gasteiger partial charge in [0.25, 0.3) is 0 Å². The molecule has 0 amide bonds. The second-order valence-electron chi connectivity index (χ2n) is 9.94. The van der Waals surface area contributed by atoms with E-state index in [0.29, 0.717) is 16.2 Å². The van der Waals surface area contributed by atoms with Gasteiger partial charge in [0.05, 0.1) is 0 Å². The molecule has 0 N–H and O–H groups in total. The van der Waals surface area contributed by atoms with Crippen molar-refractivity contribution in [2.45, 2.75) is 91.1 Å². The van der Waals surface area contributed by atoms with E-state index < -0.39 is 16.2 Å². The zero-order valence-electron chi connectivity index (χ0n) is 17.0. The summed E-state index contributed by atoms with van der Waals surface area (Å²) in [7, 11) is 0. The van der Waals surface area contributed by atoms with E-state index in [4.69, 9.17) is 4.74 Å². The SMILES string of the molecule is CC(C)(C)[CH2][Ga]([CH2]C(C)(C)C)[CH2]C(C)(C)C.CCOCC. The van der Waals surface area contributed by atoms with E-state index in [1.165, 1.54) is 14.9 Å². The molecular weight excluding hydrogens is 314 g/mol. The first-order valence-corrected chi connectivity index (χ1v) is 13.9. The van der Waals surface area contributed by atoms with Crippen LogP contribution in [-0.2, 0) is 4.74 Å². The Kier molecular flexibility index (Phi) is 11.8. The molecule has 0 aliphatic rings. The Morgan fingerprint density at radius 2 is 0.810 bits per heavy atom. The Hall–Kier alpha value is 0.596. The molecular formula is C19H43GaO. The molecule has 0 aromatic rings. The summed E-state index contributed by atoms with van der Waals surface area (Å²) in [5.41, 5.74) is 1.63. The summed E-state index contributed by atoms with van der Waals surface area (Å²) >= 11 is -1.12. The van der Waals surface area contributed by atoms with Crippen molar-refractivity contribution in [2.75, 3.05) is 13.2 Å². The maximum absolute atomic E-state index is 4.83. The monoisotopic (exact) mass is 356 g/mol. The molecule has 0 atom stereocenters. The van der Waals surface area contributed by atoms with Gasteiger partial charge in [0.1, 0.15) is 0 Å². The topological polar surface area (TPSA) is 9.23 Å². The normalized spacial score (nSPS) is 12.7. The van der Waals surface area contributed by atoms with E-state index in [-0.39, 0.29) is 0 Å². The summed E-state index contributed by atoms with van der Waals surface area (Å²) in [5, 5.41) is 0. The van der Waals surface area contributed by atoms with Crippen molar-refractivity contribution in [1.29, 1.82) is 0 Å². The summed E-state index contributed by atoms with van der Waals surface area (Å²) in [4.78, 5) is 4.61.